The van der Waals surface area contributed by atoms with Crippen LogP contribution in [0.5, 0.6) is 5.75 Å². The molecular formula is C18H22F2N6O2S2. The number of aromatic nitrogens is 2. The largest absolute Gasteiger partial charge is 0.433 e. The van der Waals surface area contributed by atoms with E-state index in [0.29, 0.717) is 11.8 Å². The van der Waals surface area contributed by atoms with Gasteiger partial charge in [-0.25, -0.2) is 15.0 Å². The van der Waals surface area contributed by atoms with Crippen LogP contribution in [0.1, 0.15) is 36.3 Å². The molecule has 0 radical (unpaired) electrons. The van der Waals surface area contributed by atoms with Gasteiger partial charge in [0.25, 0.3) is 5.91 Å². The Hall–Kier alpha value is -2.60. The molecule has 3 N–H and O–H groups in total. The second-order valence-electron chi connectivity index (χ2n) is 6.59. The van der Waals surface area contributed by atoms with Gasteiger partial charge in [0.2, 0.25) is 5.96 Å². The van der Waals surface area contributed by atoms with Crippen molar-refractivity contribution in [2.24, 2.45) is 10.7 Å². The van der Waals surface area contributed by atoms with Crippen LogP contribution < -0.4 is 15.8 Å². The molecule has 8 nitrogen and oxygen atoms in total. The van der Waals surface area contributed by atoms with Gasteiger partial charge in [0.05, 0.1) is 6.20 Å². The topological polar surface area (TPSA) is 106 Å². The molecule has 1 amide bonds. The number of halogens is 2. The first kappa shape index (κ1) is 22.1. The van der Waals surface area contributed by atoms with E-state index in [2.05, 4.69) is 37.3 Å². The molecule has 3 heterocycles. The maximum atomic E-state index is 12.4. The number of aliphatic imine (C=N–C) groups is 1. The van der Waals surface area contributed by atoms with Crippen molar-refractivity contribution in [2.75, 3.05) is 12.4 Å². The number of nitrogens with one attached hydrogen (secondary N) is 1. The second-order valence-corrected chi connectivity index (χ2v) is 9.87. The molecule has 0 spiro atoms. The first-order valence-corrected chi connectivity index (χ1v) is 11.1. The van der Waals surface area contributed by atoms with Gasteiger partial charge in [-0.3, -0.25) is 9.10 Å². The van der Waals surface area contributed by atoms with Gasteiger partial charge in [-0.1, -0.05) is 10.7 Å². The average Bonchev–Trinajstić information content (AvgIpc) is 3.16. The molecule has 1 unspecified atom stereocenters. The van der Waals surface area contributed by atoms with E-state index < -0.39 is 18.1 Å². The third-order valence-electron chi connectivity index (χ3n) is 4.75. The molecule has 3 atom stereocenters. The molecule has 12 heteroatoms. The molecule has 2 aromatic heterocycles. The summed E-state index contributed by atoms with van der Waals surface area (Å²) >= 11 is 1.38. The number of ether oxygens (including phenoxy) is 1. The van der Waals surface area contributed by atoms with Gasteiger partial charge in [-0.05, 0) is 38.3 Å². The van der Waals surface area contributed by atoms with Crippen LogP contribution in [0, 0.1) is 0 Å². The van der Waals surface area contributed by atoms with Crippen LogP contribution in [0.15, 0.2) is 28.7 Å². The van der Waals surface area contributed by atoms with Crippen molar-refractivity contribution in [3.05, 3.63) is 34.4 Å². The van der Waals surface area contributed by atoms with Crippen LogP contribution in [0.4, 0.5) is 14.6 Å². The summed E-state index contributed by atoms with van der Waals surface area (Å²) in [6, 6.07) is 2.55. The zero-order valence-electron chi connectivity index (χ0n) is 16.8. The van der Waals surface area contributed by atoms with Gasteiger partial charge in [-0.2, -0.15) is 8.78 Å². The van der Waals surface area contributed by atoms with Crippen molar-refractivity contribution in [1.29, 1.82) is 0 Å². The van der Waals surface area contributed by atoms with Gasteiger partial charge in [0.1, 0.15) is 27.8 Å². The van der Waals surface area contributed by atoms with Crippen LogP contribution in [0.3, 0.4) is 0 Å². The number of pyridine rings is 1. The molecule has 0 saturated carbocycles. The molecule has 162 valence electrons. The van der Waals surface area contributed by atoms with E-state index in [1.54, 1.807) is 5.38 Å². The normalized spacial score (nSPS) is 24.1. The zero-order valence-corrected chi connectivity index (χ0v) is 18.4. The van der Waals surface area contributed by atoms with Gasteiger partial charge in [0, 0.05) is 17.7 Å². The van der Waals surface area contributed by atoms with Gasteiger partial charge in [-0.15, -0.1) is 11.3 Å². The maximum absolute atomic E-state index is 12.4. The van der Waals surface area contributed by atoms with Crippen LogP contribution in [0.25, 0.3) is 0 Å². The number of hydrogen-bond acceptors (Lipinski definition) is 8. The monoisotopic (exact) mass is 456 g/mol. The van der Waals surface area contributed by atoms with Crippen LogP contribution in [-0.4, -0.2) is 50.4 Å². The highest BCUT2D eigenvalue weighted by atomic mass is 32.2. The first-order chi connectivity index (χ1) is 14.2. The quantitative estimate of drug-likeness (QED) is 0.669. The smallest absolute Gasteiger partial charge is 0.387 e. The fourth-order valence-corrected chi connectivity index (χ4v) is 6.11. The molecule has 0 fully saturated rings. The SMILES string of the molecule is C/C=S1\[C@H](C)[C@](C)(c2nc(NC(=O)c3ccc(OC(F)F)cn3)cs2)N=C(N)N1C. The number of carbonyl (C=O) groups excluding carboxylic acids is 1. The zero-order chi connectivity index (χ0) is 22.1. The predicted molar refractivity (Wildman–Crippen MR) is 116 cm³/mol. The molecule has 0 aromatic carbocycles. The number of anilines is 1. The van der Waals surface area contributed by atoms with Gasteiger partial charge < -0.3 is 15.8 Å². The molecule has 2 aromatic rings. The number of guanidine groups is 1. The van der Waals surface area contributed by atoms with Crippen LogP contribution in [-0.2, 0) is 5.54 Å². The number of alkyl halides is 2. The lowest BCUT2D eigenvalue weighted by molar-refractivity contribution is -0.0500. The molecule has 1 aliphatic rings. The molecule has 3 rings (SSSR count). The fraction of sp³-hybridized carbons (Fsp3) is 0.389. The Bertz CT molecular complexity index is 995. The van der Waals surface area contributed by atoms with E-state index in [1.807, 2.05) is 25.2 Å². The van der Waals surface area contributed by atoms with Crippen LogP contribution >= 0.6 is 22.0 Å². The Kier molecular flexibility index (Phi) is 6.36. The minimum atomic E-state index is -2.95. The number of hydrogen-bond donors (Lipinski definition) is 2. The van der Waals surface area contributed by atoms with Crippen molar-refractivity contribution in [3.63, 3.8) is 0 Å². The fourth-order valence-electron chi connectivity index (χ4n) is 2.99. The summed E-state index contributed by atoms with van der Waals surface area (Å²) in [5.74, 6) is 0.159. The van der Waals surface area contributed by atoms with Crippen molar-refractivity contribution in [1.82, 2.24) is 14.3 Å². The first-order valence-electron chi connectivity index (χ1n) is 8.94. The van der Waals surface area contributed by atoms with E-state index in [9.17, 15) is 13.6 Å². The number of thiazole rings is 1. The lowest BCUT2D eigenvalue weighted by Crippen LogP contribution is -2.46. The molecule has 0 aliphatic carbocycles. The van der Waals surface area contributed by atoms with Crippen molar-refractivity contribution in [2.45, 2.75) is 38.2 Å². The average molecular weight is 457 g/mol. The Morgan fingerprint density at radius 3 is 2.83 bits per heavy atom. The number of nitrogens with zero attached hydrogens (tertiary/aromatic N) is 4. The number of rotatable bonds is 5. The van der Waals surface area contributed by atoms with E-state index in [-0.39, 0.29) is 27.4 Å². The number of carbonyl (C=O) groups is 1. The Labute approximate surface area is 179 Å². The summed E-state index contributed by atoms with van der Waals surface area (Å²) < 4.78 is 30.6. The van der Waals surface area contributed by atoms with E-state index in [4.69, 9.17) is 5.73 Å². The van der Waals surface area contributed by atoms with Crippen molar-refractivity contribution >= 4 is 45.1 Å². The highest BCUT2D eigenvalue weighted by Gasteiger charge is 2.42. The summed E-state index contributed by atoms with van der Waals surface area (Å²) in [5.41, 5.74) is 5.55. The highest BCUT2D eigenvalue weighted by molar-refractivity contribution is 8.13. The predicted octanol–water partition coefficient (Wildman–Crippen LogP) is 3.26. The van der Waals surface area contributed by atoms with E-state index in [1.165, 1.54) is 23.5 Å². The lowest BCUT2D eigenvalue weighted by atomic mass is 10.0. The Balaban J connectivity index is 1.78. The Morgan fingerprint density at radius 1 is 1.50 bits per heavy atom. The number of amides is 1. The molecule has 0 saturated heterocycles. The molecule has 30 heavy (non-hydrogen) atoms. The number of nitrogens with two attached hydrogens (primary N) is 1. The second kappa shape index (κ2) is 8.64. The lowest BCUT2D eigenvalue weighted by Gasteiger charge is -2.41. The molecule has 0 bridgehead atoms. The summed E-state index contributed by atoms with van der Waals surface area (Å²) in [6.07, 6.45) is 1.06. The van der Waals surface area contributed by atoms with Crippen LogP contribution in [0.2, 0.25) is 0 Å². The summed E-state index contributed by atoms with van der Waals surface area (Å²) in [5, 5.41) is 7.35. The Morgan fingerprint density at radius 2 is 2.23 bits per heavy atom. The standard InChI is InChI=1S/C18H22F2N6O2S2/c1-5-30-10(2)18(3,25-17(21)26(30)4)15-24-13(9-29-15)23-14(27)12-7-6-11(8-22-12)28-16(19)20/h5-10,16H,1-4H3,(H2,21,25)(H,23,27)/t10-,18-,30?/m1/s1. The summed E-state index contributed by atoms with van der Waals surface area (Å²) in [6.45, 7) is 3.12. The van der Waals surface area contributed by atoms with E-state index in [0.717, 1.165) is 11.2 Å². The minimum Gasteiger partial charge on any atom is -0.433 e. The van der Waals surface area contributed by atoms with Gasteiger partial charge >= 0.3 is 6.61 Å². The van der Waals surface area contributed by atoms with Crippen molar-refractivity contribution < 1.29 is 18.3 Å². The third kappa shape index (κ3) is 4.29. The minimum absolute atomic E-state index is 0.0504. The summed E-state index contributed by atoms with van der Waals surface area (Å²) in [7, 11) is 1.69. The summed E-state index contributed by atoms with van der Waals surface area (Å²) in [4.78, 5) is 25.5. The van der Waals surface area contributed by atoms with Gasteiger partial charge in [0.15, 0.2) is 0 Å². The van der Waals surface area contributed by atoms with Crippen molar-refractivity contribution in [3.8, 4) is 5.75 Å². The molecule has 1 aliphatic heterocycles. The third-order valence-corrected chi connectivity index (χ3v) is 8.31. The molecular weight excluding hydrogens is 434 g/mol. The highest BCUT2D eigenvalue weighted by Crippen LogP contribution is 2.45. The van der Waals surface area contributed by atoms with E-state index >= 15 is 0 Å². The maximum Gasteiger partial charge on any atom is 0.387 e.